The third-order valence-corrected chi connectivity index (χ3v) is 7.23. The largest absolute Gasteiger partial charge is 0.497 e. The molecule has 0 unspecified atom stereocenters. The van der Waals surface area contributed by atoms with E-state index in [1.807, 2.05) is 4.90 Å². The lowest BCUT2D eigenvalue weighted by Gasteiger charge is -2.36. The van der Waals surface area contributed by atoms with E-state index in [9.17, 15) is 17.6 Å². The number of rotatable bonds is 6. The van der Waals surface area contributed by atoms with E-state index in [2.05, 4.69) is 4.72 Å². The number of nitrogens with one attached hydrogen (secondary N) is 1. The summed E-state index contributed by atoms with van der Waals surface area (Å²) in [4.78, 5) is 16.8. The van der Waals surface area contributed by atoms with Gasteiger partial charge in [-0.05, 0) is 61.0 Å². The molecule has 3 aromatic carbocycles. The van der Waals surface area contributed by atoms with Crippen molar-refractivity contribution in [2.75, 3.05) is 42.9 Å². The van der Waals surface area contributed by atoms with E-state index in [1.165, 1.54) is 25.3 Å². The van der Waals surface area contributed by atoms with Crippen molar-refractivity contribution in [1.82, 2.24) is 4.90 Å². The van der Waals surface area contributed by atoms with E-state index in [0.29, 0.717) is 54.4 Å². The highest BCUT2D eigenvalue weighted by Crippen LogP contribution is 2.24. The second-order valence-electron chi connectivity index (χ2n) is 8.04. The molecule has 3 aromatic rings. The van der Waals surface area contributed by atoms with Gasteiger partial charge in [-0.1, -0.05) is 18.2 Å². The molecule has 1 aliphatic heterocycles. The van der Waals surface area contributed by atoms with Crippen LogP contribution in [-0.4, -0.2) is 52.5 Å². The molecule has 4 rings (SSSR count). The molecule has 178 valence electrons. The molecule has 7 nitrogen and oxygen atoms in total. The van der Waals surface area contributed by atoms with Gasteiger partial charge in [-0.25, -0.2) is 12.8 Å². The van der Waals surface area contributed by atoms with E-state index in [0.717, 1.165) is 0 Å². The van der Waals surface area contributed by atoms with Crippen LogP contribution in [0.3, 0.4) is 0 Å². The van der Waals surface area contributed by atoms with Gasteiger partial charge in [-0.2, -0.15) is 0 Å². The van der Waals surface area contributed by atoms with Crippen LogP contribution in [0, 0.1) is 12.7 Å². The zero-order valence-electron chi connectivity index (χ0n) is 19.0. The molecule has 0 atom stereocenters. The Hall–Kier alpha value is -3.59. The fourth-order valence-electron chi connectivity index (χ4n) is 3.90. The lowest BCUT2D eigenvalue weighted by molar-refractivity contribution is 0.0745. The summed E-state index contributed by atoms with van der Waals surface area (Å²) in [5.41, 5.74) is 1.92. The van der Waals surface area contributed by atoms with Gasteiger partial charge in [0.15, 0.2) is 0 Å². The monoisotopic (exact) mass is 483 g/mol. The lowest BCUT2D eigenvalue weighted by atomic mass is 10.1. The number of carbonyl (C=O) groups excluding carboxylic acids is 1. The normalized spacial score (nSPS) is 14.1. The number of hydrogen-bond acceptors (Lipinski definition) is 5. The van der Waals surface area contributed by atoms with Crippen molar-refractivity contribution in [3.05, 3.63) is 83.7 Å². The first-order valence-corrected chi connectivity index (χ1v) is 12.3. The number of piperazine rings is 1. The van der Waals surface area contributed by atoms with Gasteiger partial charge < -0.3 is 14.5 Å². The van der Waals surface area contributed by atoms with Gasteiger partial charge in [-0.3, -0.25) is 9.52 Å². The highest BCUT2D eigenvalue weighted by atomic mass is 32.2. The Kier molecular flexibility index (Phi) is 6.74. The molecule has 0 radical (unpaired) electrons. The van der Waals surface area contributed by atoms with Gasteiger partial charge in [0.05, 0.1) is 17.7 Å². The third-order valence-electron chi connectivity index (χ3n) is 5.85. The molecule has 1 heterocycles. The van der Waals surface area contributed by atoms with Gasteiger partial charge in [0, 0.05) is 37.4 Å². The van der Waals surface area contributed by atoms with Crippen LogP contribution < -0.4 is 14.4 Å². The molecule has 34 heavy (non-hydrogen) atoms. The average molecular weight is 484 g/mol. The molecule has 0 bridgehead atoms. The van der Waals surface area contributed by atoms with Crippen LogP contribution in [0.1, 0.15) is 15.9 Å². The van der Waals surface area contributed by atoms with Crippen LogP contribution in [0.25, 0.3) is 0 Å². The number of para-hydroxylation sites is 1. The zero-order chi connectivity index (χ0) is 24.3. The standard InChI is InChI=1S/C25H26FN3O4S/c1-18-7-12-21(34(31,32)27-19-8-10-20(33-2)11-9-19)17-22(18)25(30)29-15-13-28(14-16-29)24-6-4-3-5-23(24)26/h3-12,17,27H,13-16H2,1-2H3. The number of amides is 1. The molecular weight excluding hydrogens is 457 g/mol. The molecule has 1 saturated heterocycles. The smallest absolute Gasteiger partial charge is 0.261 e. The summed E-state index contributed by atoms with van der Waals surface area (Å²) in [6.45, 7) is 3.57. The number of sulfonamides is 1. The van der Waals surface area contributed by atoms with Crippen molar-refractivity contribution in [2.24, 2.45) is 0 Å². The molecule has 9 heteroatoms. The maximum absolute atomic E-state index is 14.1. The van der Waals surface area contributed by atoms with Crippen LogP contribution in [0.5, 0.6) is 5.75 Å². The highest BCUT2D eigenvalue weighted by Gasteiger charge is 2.26. The van der Waals surface area contributed by atoms with E-state index in [1.54, 1.807) is 60.4 Å². The van der Waals surface area contributed by atoms with Crippen molar-refractivity contribution in [3.8, 4) is 5.75 Å². The minimum Gasteiger partial charge on any atom is -0.497 e. The maximum Gasteiger partial charge on any atom is 0.261 e. The lowest BCUT2D eigenvalue weighted by Crippen LogP contribution is -2.49. The van der Waals surface area contributed by atoms with E-state index in [-0.39, 0.29) is 16.6 Å². The molecule has 0 spiro atoms. The molecule has 0 aliphatic carbocycles. The Morgan fingerprint density at radius 3 is 2.29 bits per heavy atom. The summed E-state index contributed by atoms with van der Waals surface area (Å²) >= 11 is 0. The van der Waals surface area contributed by atoms with Crippen LogP contribution in [-0.2, 0) is 10.0 Å². The molecule has 1 aliphatic rings. The van der Waals surface area contributed by atoms with Crippen molar-refractivity contribution in [3.63, 3.8) is 0 Å². The topological polar surface area (TPSA) is 78.9 Å². The average Bonchev–Trinajstić information content (AvgIpc) is 2.84. The molecule has 1 N–H and O–H groups in total. The maximum atomic E-state index is 14.1. The van der Waals surface area contributed by atoms with E-state index >= 15 is 0 Å². The number of ether oxygens (including phenoxy) is 1. The summed E-state index contributed by atoms with van der Waals surface area (Å²) in [6.07, 6.45) is 0. The van der Waals surface area contributed by atoms with Crippen molar-refractivity contribution >= 4 is 27.3 Å². The van der Waals surface area contributed by atoms with Crippen LogP contribution >= 0.6 is 0 Å². The summed E-state index contributed by atoms with van der Waals surface area (Å²) in [5, 5.41) is 0. The van der Waals surface area contributed by atoms with E-state index in [4.69, 9.17) is 4.74 Å². The summed E-state index contributed by atoms with van der Waals surface area (Å²) < 4.78 is 47.6. The first-order valence-electron chi connectivity index (χ1n) is 10.8. The summed E-state index contributed by atoms with van der Waals surface area (Å²) in [5.74, 6) is 0.0776. The number of methoxy groups -OCH3 is 1. The molecular formula is C25H26FN3O4S. The third kappa shape index (κ3) is 4.99. The SMILES string of the molecule is COc1ccc(NS(=O)(=O)c2ccc(C)c(C(=O)N3CCN(c4ccccc4F)CC3)c2)cc1. The Balaban J connectivity index is 1.49. The fourth-order valence-corrected chi connectivity index (χ4v) is 4.99. The molecule has 1 amide bonds. The molecule has 1 fully saturated rings. The Bertz CT molecular complexity index is 1290. The number of benzene rings is 3. The van der Waals surface area contributed by atoms with Crippen LogP contribution in [0.4, 0.5) is 15.8 Å². The van der Waals surface area contributed by atoms with Crippen LogP contribution in [0.2, 0.25) is 0 Å². The first-order chi connectivity index (χ1) is 16.3. The minimum atomic E-state index is -3.90. The number of carbonyl (C=O) groups is 1. The predicted molar refractivity (Wildman–Crippen MR) is 129 cm³/mol. The second-order valence-corrected chi connectivity index (χ2v) is 9.72. The molecule has 0 aromatic heterocycles. The Morgan fingerprint density at radius 2 is 1.65 bits per heavy atom. The van der Waals surface area contributed by atoms with Crippen molar-refractivity contribution in [1.29, 1.82) is 0 Å². The van der Waals surface area contributed by atoms with Crippen molar-refractivity contribution in [2.45, 2.75) is 11.8 Å². The fraction of sp³-hybridized carbons (Fsp3) is 0.240. The quantitative estimate of drug-likeness (QED) is 0.575. The Morgan fingerprint density at radius 1 is 0.971 bits per heavy atom. The second kappa shape index (κ2) is 9.72. The number of aryl methyl sites for hydroxylation is 1. The summed E-state index contributed by atoms with van der Waals surface area (Å²) in [7, 11) is -2.37. The van der Waals surface area contributed by atoms with Crippen LogP contribution in [0.15, 0.2) is 71.6 Å². The first kappa shape index (κ1) is 23.6. The number of halogens is 1. The van der Waals surface area contributed by atoms with Gasteiger partial charge in [0.25, 0.3) is 15.9 Å². The highest BCUT2D eigenvalue weighted by molar-refractivity contribution is 7.92. The number of nitrogens with zero attached hydrogens (tertiary/aromatic N) is 2. The predicted octanol–water partition coefficient (Wildman–Crippen LogP) is 3.91. The summed E-state index contributed by atoms with van der Waals surface area (Å²) in [6, 6.07) is 17.6. The Labute approximate surface area is 198 Å². The van der Waals surface area contributed by atoms with Gasteiger partial charge in [-0.15, -0.1) is 0 Å². The number of anilines is 2. The number of hydrogen-bond donors (Lipinski definition) is 1. The zero-order valence-corrected chi connectivity index (χ0v) is 19.8. The molecule has 0 saturated carbocycles. The van der Waals surface area contributed by atoms with Gasteiger partial charge in [0.1, 0.15) is 11.6 Å². The van der Waals surface area contributed by atoms with Gasteiger partial charge in [0.2, 0.25) is 0 Å². The minimum absolute atomic E-state index is 0.00209. The van der Waals surface area contributed by atoms with E-state index < -0.39 is 10.0 Å². The van der Waals surface area contributed by atoms with Crippen molar-refractivity contribution < 1.29 is 22.3 Å². The van der Waals surface area contributed by atoms with Gasteiger partial charge >= 0.3 is 0 Å².